The van der Waals surface area contributed by atoms with Gasteiger partial charge in [0.2, 0.25) is 11.8 Å². The Hall–Kier alpha value is -2.10. The van der Waals surface area contributed by atoms with E-state index in [1.807, 2.05) is 17.0 Å². The molecule has 1 heterocycles. The van der Waals surface area contributed by atoms with Gasteiger partial charge >= 0.3 is 0 Å². The summed E-state index contributed by atoms with van der Waals surface area (Å²) in [4.78, 5) is 26.6. The van der Waals surface area contributed by atoms with Gasteiger partial charge in [-0.3, -0.25) is 9.59 Å². The topological polar surface area (TPSA) is 49.4 Å². The zero-order valence-corrected chi connectivity index (χ0v) is 12.8. The van der Waals surface area contributed by atoms with Crippen LogP contribution in [0.5, 0.6) is 0 Å². The van der Waals surface area contributed by atoms with Crippen LogP contribution in [0.25, 0.3) is 0 Å². The van der Waals surface area contributed by atoms with Gasteiger partial charge < -0.3 is 10.2 Å². The van der Waals surface area contributed by atoms with Crippen LogP contribution in [0.15, 0.2) is 37.0 Å². The van der Waals surface area contributed by atoms with Crippen molar-refractivity contribution in [2.75, 3.05) is 13.1 Å². The molecular weight excluding hydrogens is 276 g/mol. The number of carbonyl (C=O) groups excluding carboxylic acids is 2. The third kappa shape index (κ3) is 2.78. The van der Waals surface area contributed by atoms with Crippen molar-refractivity contribution in [2.45, 2.75) is 31.6 Å². The zero-order chi connectivity index (χ0) is 15.5. The number of fused-ring (bicyclic) bond motifs is 1. The van der Waals surface area contributed by atoms with Gasteiger partial charge in [0.05, 0.1) is 11.8 Å². The number of nitrogens with one attached hydrogen (secondary N) is 1. The van der Waals surface area contributed by atoms with Crippen LogP contribution in [0.1, 0.15) is 36.3 Å². The summed E-state index contributed by atoms with van der Waals surface area (Å²) in [5.41, 5.74) is 2.48. The SMILES string of the molecule is C=CNC(=O)C1CCN(C(=O)C2CCCc3ccccc32)C1. The molecule has 0 radical (unpaired) electrons. The van der Waals surface area contributed by atoms with Crippen molar-refractivity contribution in [3.63, 3.8) is 0 Å². The summed E-state index contributed by atoms with van der Waals surface area (Å²) >= 11 is 0. The van der Waals surface area contributed by atoms with E-state index in [4.69, 9.17) is 0 Å². The number of benzene rings is 1. The molecule has 22 heavy (non-hydrogen) atoms. The molecule has 4 nitrogen and oxygen atoms in total. The van der Waals surface area contributed by atoms with Gasteiger partial charge in [-0.25, -0.2) is 0 Å². The molecule has 2 amide bonds. The summed E-state index contributed by atoms with van der Waals surface area (Å²) in [6.07, 6.45) is 5.17. The quantitative estimate of drug-likeness (QED) is 0.930. The van der Waals surface area contributed by atoms with Crippen LogP contribution in [0.3, 0.4) is 0 Å². The molecule has 0 spiro atoms. The molecule has 3 rings (SSSR count). The largest absolute Gasteiger partial charge is 0.341 e. The van der Waals surface area contributed by atoms with Crippen LogP contribution in [0.2, 0.25) is 0 Å². The predicted molar refractivity (Wildman–Crippen MR) is 85.1 cm³/mol. The first-order valence-electron chi connectivity index (χ1n) is 7.98. The van der Waals surface area contributed by atoms with Crippen molar-refractivity contribution in [1.29, 1.82) is 0 Å². The molecule has 2 atom stereocenters. The van der Waals surface area contributed by atoms with Crippen LogP contribution in [0, 0.1) is 5.92 Å². The van der Waals surface area contributed by atoms with Gasteiger partial charge in [0.1, 0.15) is 0 Å². The summed E-state index contributed by atoms with van der Waals surface area (Å²) in [6, 6.07) is 8.25. The average Bonchev–Trinajstić information content (AvgIpc) is 3.04. The fraction of sp³-hybridized carbons (Fsp3) is 0.444. The Bertz CT molecular complexity index is 597. The number of carbonyl (C=O) groups is 2. The van der Waals surface area contributed by atoms with E-state index in [1.54, 1.807) is 0 Å². The number of aryl methyl sites for hydroxylation is 1. The van der Waals surface area contributed by atoms with Crippen LogP contribution < -0.4 is 5.32 Å². The molecule has 116 valence electrons. The predicted octanol–water partition coefficient (Wildman–Crippen LogP) is 2.21. The van der Waals surface area contributed by atoms with Gasteiger partial charge in [0, 0.05) is 13.1 Å². The average molecular weight is 298 g/mol. The second kappa shape index (κ2) is 6.34. The summed E-state index contributed by atoms with van der Waals surface area (Å²) in [5, 5.41) is 2.63. The highest BCUT2D eigenvalue weighted by Crippen LogP contribution is 2.34. The van der Waals surface area contributed by atoms with E-state index < -0.39 is 0 Å². The maximum absolute atomic E-state index is 12.9. The van der Waals surface area contributed by atoms with E-state index in [9.17, 15) is 9.59 Å². The van der Waals surface area contributed by atoms with Crippen molar-refractivity contribution < 1.29 is 9.59 Å². The van der Waals surface area contributed by atoms with Gasteiger partial charge in [-0.15, -0.1) is 0 Å². The molecule has 0 aromatic heterocycles. The Morgan fingerprint density at radius 3 is 2.91 bits per heavy atom. The highest BCUT2D eigenvalue weighted by molar-refractivity contribution is 5.86. The number of amides is 2. The van der Waals surface area contributed by atoms with E-state index in [-0.39, 0.29) is 23.7 Å². The van der Waals surface area contributed by atoms with Crippen molar-refractivity contribution in [3.05, 3.63) is 48.2 Å². The number of hydrogen-bond acceptors (Lipinski definition) is 2. The lowest BCUT2D eigenvalue weighted by molar-refractivity contribution is -0.132. The molecule has 2 aliphatic rings. The lowest BCUT2D eigenvalue weighted by Gasteiger charge is -2.28. The summed E-state index contributed by atoms with van der Waals surface area (Å²) < 4.78 is 0. The number of rotatable bonds is 3. The van der Waals surface area contributed by atoms with Crippen molar-refractivity contribution in [2.24, 2.45) is 5.92 Å². The van der Waals surface area contributed by atoms with E-state index >= 15 is 0 Å². The molecule has 4 heteroatoms. The molecule has 1 aromatic carbocycles. The lowest BCUT2D eigenvalue weighted by Crippen LogP contribution is -2.36. The van der Waals surface area contributed by atoms with Crippen LogP contribution in [0.4, 0.5) is 0 Å². The Morgan fingerprint density at radius 2 is 2.09 bits per heavy atom. The first-order valence-corrected chi connectivity index (χ1v) is 7.98. The molecule has 1 aliphatic heterocycles. The fourth-order valence-corrected chi connectivity index (χ4v) is 3.62. The molecule has 1 N–H and O–H groups in total. The fourth-order valence-electron chi connectivity index (χ4n) is 3.62. The van der Waals surface area contributed by atoms with Gasteiger partial charge in [-0.1, -0.05) is 30.8 Å². The molecule has 0 bridgehead atoms. The number of nitrogens with zero attached hydrogens (tertiary/aromatic N) is 1. The van der Waals surface area contributed by atoms with E-state index in [2.05, 4.69) is 24.0 Å². The normalized spacial score (nSPS) is 23.7. The van der Waals surface area contributed by atoms with Gasteiger partial charge in [0.15, 0.2) is 0 Å². The Balaban J connectivity index is 1.71. The maximum atomic E-state index is 12.9. The molecule has 1 aliphatic carbocycles. The number of likely N-dealkylation sites (tertiary alicyclic amines) is 1. The van der Waals surface area contributed by atoms with Gasteiger partial charge in [0.25, 0.3) is 0 Å². The highest BCUT2D eigenvalue weighted by atomic mass is 16.2. The Labute approximate surface area is 131 Å². The Morgan fingerprint density at radius 1 is 1.27 bits per heavy atom. The van der Waals surface area contributed by atoms with Crippen molar-refractivity contribution >= 4 is 11.8 Å². The minimum Gasteiger partial charge on any atom is -0.341 e. The first-order chi connectivity index (χ1) is 10.7. The van der Waals surface area contributed by atoms with E-state index in [0.29, 0.717) is 13.1 Å². The minimum absolute atomic E-state index is 0.0330. The number of hydrogen-bond donors (Lipinski definition) is 1. The second-order valence-electron chi connectivity index (χ2n) is 6.13. The maximum Gasteiger partial charge on any atom is 0.230 e. The highest BCUT2D eigenvalue weighted by Gasteiger charge is 2.35. The third-order valence-electron chi connectivity index (χ3n) is 4.78. The zero-order valence-electron chi connectivity index (χ0n) is 12.8. The van der Waals surface area contributed by atoms with Crippen molar-refractivity contribution in [1.82, 2.24) is 10.2 Å². The van der Waals surface area contributed by atoms with Crippen LogP contribution in [-0.4, -0.2) is 29.8 Å². The summed E-state index contributed by atoms with van der Waals surface area (Å²) in [7, 11) is 0. The summed E-state index contributed by atoms with van der Waals surface area (Å²) in [6.45, 7) is 4.71. The summed E-state index contributed by atoms with van der Waals surface area (Å²) in [5.74, 6) is 0.00217. The van der Waals surface area contributed by atoms with E-state index in [0.717, 1.165) is 25.7 Å². The minimum atomic E-state index is -0.110. The smallest absolute Gasteiger partial charge is 0.230 e. The Kier molecular flexibility index (Phi) is 4.27. The molecule has 1 fully saturated rings. The monoisotopic (exact) mass is 298 g/mol. The molecule has 2 unspecified atom stereocenters. The van der Waals surface area contributed by atoms with Crippen LogP contribution >= 0.6 is 0 Å². The van der Waals surface area contributed by atoms with Crippen LogP contribution in [-0.2, 0) is 16.0 Å². The first kappa shape index (κ1) is 14.8. The molecule has 1 saturated heterocycles. The van der Waals surface area contributed by atoms with Gasteiger partial charge in [-0.05, 0) is 43.0 Å². The standard InChI is InChI=1S/C18H22N2O2/c1-2-19-17(21)14-10-11-20(12-14)18(22)16-9-5-7-13-6-3-4-8-15(13)16/h2-4,6,8,14,16H,1,5,7,9-12H2,(H,19,21). The van der Waals surface area contributed by atoms with E-state index in [1.165, 1.54) is 17.3 Å². The third-order valence-corrected chi connectivity index (χ3v) is 4.78. The van der Waals surface area contributed by atoms with Gasteiger partial charge in [-0.2, -0.15) is 0 Å². The lowest BCUT2D eigenvalue weighted by atomic mass is 9.82. The van der Waals surface area contributed by atoms with Crippen molar-refractivity contribution in [3.8, 4) is 0 Å². The second-order valence-corrected chi connectivity index (χ2v) is 6.13. The molecule has 0 saturated carbocycles. The molecular formula is C18H22N2O2. The molecule has 1 aromatic rings.